The van der Waals surface area contributed by atoms with Gasteiger partial charge in [-0.05, 0) is 122 Å². The first kappa shape index (κ1) is 40.2. The molecule has 4 rings (SSSR count). The lowest BCUT2D eigenvalue weighted by Gasteiger charge is -2.32. The van der Waals surface area contributed by atoms with Gasteiger partial charge in [-0.3, -0.25) is 0 Å². The molecule has 6 nitrogen and oxygen atoms in total. The van der Waals surface area contributed by atoms with Gasteiger partial charge in [0.05, 0.1) is 90.8 Å². The summed E-state index contributed by atoms with van der Waals surface area (Å²) in [5.41, 5.74) is 5.84. The fraction of sp³-hybridized carbons (Fsp3) is 0.435. The van der Waals surface area contributed by atoms with Crippen molar-refractivity contribution >= 4 is 0 Å². The SMILES string of the molecule is C[N+](C)(CCCCCCOc1ccc(-c2ccc(C#N)cc2)cc1)CCCC[N+](C)(C)CCCCCCOc1ccc(-c2ccc(C#N)cc2)cc1. The van der Waals surface area contributed by atoms with Crippen molar-refractivity contribution in [3.63, 3.8) is 0 Å². The van der Waals surface area contributed by atoms with Crippen LogP contribution in [-0.4, -0.2) is 76.5 Å². The molecule has 4 aromatic rings. The Morgan fingerprint density at radius 1 is 0.385 bits per heavy atom. The van der Waals surface area contributed by atoms with E-state index < -0.39 is 0 Å². The van der Waals surface area contributed by atoms with Gasteiger partial charge in [-0.15, -0.1) is 0 Å². The van der Waals surface area contributed by atoms with Crippen molar-refractivity contribution in [2.24, 2.45) is 0 Å². The van der Waals surface area contributed by atoms with Crippen LogP contribution >= 0.6 is 0 Å². The van der Waals surface area contributed by atoms with Gasteiger partial charge in [0.25, 0.3) is 0 Å². The minimum atomic E-state index is 0.681. The first-order valence-electron chi connectivity index (χ1n) is 19.3. The van der Waals surface area contributed by atoms with Crippen LogP contribution in [0.15, 0.2) is 97.1 Å². The maximum absolute atomic E-state index is 8.99. The summed E-state index contributed by atoms with van der Waals surface area (Å²) in [5.74, 6) is 1.83. The van der Waals surface area contributed by atoms with Crippen LogP contribution in [-0.2, 0) is 0 Å². The maximum atomic E-state index is 8.99. The van der Waals surface area contributed by atoms with Crippen molar-refractivity contribution in [1.82, 2.24) is 0 Å². The lowest BCUT2D eigenvalue weighted by Crippen LogP contribution is -2.43. The first-order valence-corrected chi connectivity index (χ1v) is 19.3. The number of hydrogen-bond donors (Lipinski definition) is 0. The van der Waals surface area contributed by atoms with Crippen LogP contribution < -0.4 is 9.47 Å². The lowest BCUT2D eigenvalue weighted by molar-refractivity contribution is -0.897. The summed E-state index contributed by atoms with van der Waals surface area (Å²) in [6, 6.07) is 36.2. The van der Waals surface area contributed by atoms with Crippen LogP contribution in [0.3, 0.4) is 0 Å². The predicted molar refractivity (Wildman–Crippen MR) is 214 cm³/mol. The van der Waals surface area contributed by atoms with Crippen LogP contribution in [0.1, 0.15) is 75.3 Å². The molecule has 0 aliphatic carbocycles. The summed E-state index contributed by atoms with van der Waals surface area (Å²) < 4.78 is 14.2. The van der Waals surface area contributed by atoms with E-state index in [1.807, 2.05) is 72.8 Å². The van der Waals surface area contributed by atoms with Gasteiger partial charge in [-0.1, -0.05) is 48.5 Å². The molecule has 0 aliphatic rings. The van der Waals surface area contributed by atoms with E-state index in [0.29, 0.717) is 11.1 Å². The van der Waals surface area contributed by atoms with Crippen molar-refractivity contribution < 1.29 is 18.4 Å². The Hall–Kier alpha value is -4.62. The second-order valence-electron chi connectivity index (χ2n) is 15.4. The third kappa shape index (κ3) is 14.5. The molecule has 0 saturated carbocycles. The van der Waals surface area contributed by atoms with Gasteiger partial charge >= 0.3 is 0 Å². The highest BCUT2D eigenvalue weighted by Crippen LogP contribution is 2.24. The van der Waals surface area contributed by atoms with E-state index in [-0.39, 0.29) is 0 Å². The molecule has 0 atom stereocenters. The summed E-state index contributed by atoms with van der Waals surface area (Å²) in [5, 5.41) is 18.0. The van der Waals surface area contributed by atoms with E-state index in [0.717, 1.165) is 68.8 Å². The topological polar surface area (TPSA) is 66.0 Å². The number of nitriles is 2. The average molecular weight is 701 g/mol. The molecule has 52 heavy (non-hydrogen) atoms. The number of unbranched alkanes of at least 4 members (excludes halogenated alkanes) is 7. The number of benzene rings is 4. The summed E-state index contributed by atoms with van der Waals surface area (Å²) >= 11 is 0. The van der Waals surface area contributed by atoms with Crippen LogP contribution in [0.25, 0.3) is 22.3 Å². The number of ether oxygens (including phenoxy) is 2. The Labute approximate surface area is 314 Å². The fourth-order valence-corrected chi connectivity index (χ4v) is 6.64. The Morgan fingerprint density at radius 2 is 0.654 bits per heavy atom. The molecular formula is C46H60N4O2+2. The first-order chi connectivity index (χ1) is 25.2. The Kier molecular flexibility index (Phi) is 16.2. The smallest absolute Gasteiger partial charge is 0.119 e. The quantitative estimate of drug-likeness (QED) is 0.0571. The standard InChI is InChI=1S/C46H60N4O2/c1-49(2,31-9-5-7-13-35-51-45-27-23-43(24-28-45)41-19-15-39(37-47)16-20-41)33-11-12-34-50(3,4)32-10-6-8-14-36-52-46-29-25-44(26-30-46)42-21-17-40(38-48)18-22-42/h15-30H,5-14,31-36H2,1-4H3/q+2. The molecule has 6 heteroatoms. The van der Waals surface area contributed by atoms with Crippen LogP contribution in [0, 0.1) is 22.7 Å². The molecule has 4 aromatic carbocycles. The van der Waals surface area contributed by atoms with Crippen molar-refractivity contribution in [3.05, 3.63) is 108 Å². The molecule has 0 amide bonds. The third-order valence-electron chi connectivity index (χ3n) is 10.0. The fourth-order valence-electron chi connectivity index (χ4n) is 6.64. The van der Waals surface area contributed by atoms with Gasteiger partial charge in [0, 0.05) is 12.8 Å². The Morgan fingerprint density at radius 3 is 0.962 bits per heavy atom. The van der Waals surface area contributed by atoms with E-state index >= 15 is 0 Å². The monoisotopic (exact) mass is 700 g/mol. The van der Waals surface area contributed by atoms with Crippen LogP contribution in [0.5, 0.6) is 11.5 Å². The number of rotatable bonds is 23. The van der Waals surface area contributed by atoms with Crippen molar-refractivity contribution in [2.75, 3.05) is 67.6 Å². The zero-order chi connectivity index (χ0) is 37.1. The summed E-state index contributed by atoms with van der Waals surface area (Å²) in [7, 11) is 9.56. The molecule has 274 valence electrons. The van der Waals surface area contributed by atoms with Crippen LogP contribution in [0.2, 0.25) is 0 Å². The van der Waals surface area contributed by atoms with Crippen molar-refractivity contribution in [3.8, 4) is 45.9 Å². The largest absolute Gasteiger partial charge is 0.494 e. The molecular weight excluding hydrogens is 641 g/mol. The van der Waals surface area contributed by atoms with Crippen molar-refractivity contribution in [1.29, 1.82) is 10.5 Å². The Bertz CT molecular complexity index is 1550. The summed E-state index contributed by atoms with van der Waals surface area (Å²) in [4.78, 5) is 0. The van der Waals surface area contributed by atoms with Gasteiger partial charge in [0.1, 0.15) is 11.5 Å². The molecule has 0 spiro atoms. The van der Waals surface area contributed by atoms with E-state index in [1.165, 1.54) is 77.5 Å². The Balaban J connectivity index is 0.965. The second-order valence-corrected chi connectivity index (χ2v) is 15.4. The molecule has 0 aliphatic heterocycles. The highest BCUT2D eigenvalue weighted by molar-refractivity contribution is 5.65. The number of quaternary nitrogens is 2. The van der Waals surface area contributed by atoms with Gasteiger partial charge in [0.2, 0.25) is 0 Å². The predicted octanol–water partition coefficient (Wildman–Crippen LogP) is 10.3. The molecule has 0 saturated heterocycles. The zero-order valence-corrected chi connectivity index (χ0v) is 32.2. The minimum Gasteiger partial charge on any atom is -0.494 e. The molecule has 0 N–H and O–H groups in total. The van der Waals surface area contributed by atoms with E-state index in [4.69, 9.17) is 20.0 Å². The molecule has 0 radical (unpaired) electrons. The van der Waals surface area contributed by atoms with E-state index in [1.54, 1.807) is 0 Å². The lowest BCUT2D eigenvalue weighted by atomic mass is 10.0. The van der Waals surface area contributed by atoms with Gasteiger partial charge < -0.3 is 18.4 Å². The third-order valence-corrected chi connectivity index (χ3v) is 10.0. The minimum absolute atomic E-state index is 0.681. The normalized spacial score (nSPS) is 11.5. The van der Waals surface area contributed by atoms with Crippen molar-refractivity contribution in [2.45, 2.75) is 64.2 Å². The zero-order valence-electron chi connectivity index (χ0n) is 32.2. The average Bonchev–Trinajstić information content (AvgIpc) is 3.16. The highest BCUT2D eigenvalue weighted by Gasteiger charge is 2.17. The number of nitrogens with zero attached hydrogens (tertiary/aromatic N) is 4. The maximum Gasteiger partial charge on any atom is 0.119 e. The summed E-state index contributed by atoms with van der Waals surface area (Å²) in [6.07, 6.45) is 12.2. The van der Waals surface area contributed by atoms with E-state index in [9.17, 15) is 0 Å². The van der Waals surface area contributed by atoms with Gasteiger partial charge in [-0.2, -0.15) is 10.5 Å². The molecule has 0 heterocycles. The number of hydrogen-bond acceptors (Lipinski definition) is 4. The van der Waals surface area contributed by atoms with E-state index in [2.05, 4.69) is 64.6 Å². The van der Waals surface area contributed by atoms with Gasteiger partial charge in [-0.25, -0.2) is 0 Å². The highest BCUT2D eigenvalue weighted by atomic mass is 16.5. The van der Waals surface area contributed by atoms with Gasteiger partial charge in [0.15, 0.2) is 0 Å². The second kappa shape index (κ2) is 21.0. The van der Waals surface area contributed by atoms with Crippen LogP contribution in [0.4, 0.5) is 0 Å². The molecule has 0 aromatic heterocycles. The molecule has 0 fully saturated rings. The summed E-state index contributed by atoms with van der Waals surface area (Å²) in [6.45, 7) is 6.50. The molecule has 0 unspecified atom stereocenters. The molecule has 0 bridgehead atoms.